The van der Waals surface area contributed by atoms with Crippen LogP contribution in [0.3, 0.4) is 0 Å². The van der Waals surface area contributed by atoms with Gasteiger partial charge in [-0.1, -0.05) is 0 Å². The van der Waals surface area contributed by atoms with Crippen molar-refractivity contribution in [3.63, 3.8) is 0 Å². The number of amides is 1. The molecule has 9 heteroatoms. The number of methoxy groups -OCH3 is 1. The van der Waals surface area contributed by atoms with Gasteiger partial charge in [-0.3, -0.25) is 4.79 Å². The molecule has 0 saturated carbocycles. The molecule has 0 atom stereocenters. The molecule has 144 valence electrons. The summed E-state index contributed by atoms with van der Waals surface area (Å²) in [6.07, 6.45) is -1.40. The Bertz CT molecular complexity index is 779. The van der Waals surface area contributed by atoms with E-state index in [0.717, 1.165) is 12.3 Å². The molecule has 1 aliphatic rings. The van der Waals surface area contributed by atoms with Crippen LogP contribution in [-0.2, 0) is 6.18 Å². The van der Waals surface area contributed by atoms with Crippen LogP contribution >= 0.6 is 0 Å². The average Bonchev–Trinajstić information content (AvgIpc) is 2.93. The number of alkyl halides is 3. The van der Waals surface area contributed by atoms with Crippen LogP contribution in [0.1, 0.15) is 22.3 Å². The van der Waals surface area contributed by atoms with Gasteiger partial charge in [0, 0.05) is 44.6 Å². The van der Waals surface area contributed by atoms with E-state index in [0.29, 0.717) is 49.9 Å². The Labute approximate surface area is 154 Å². The monoisotopic (exact) mass is 380 g/mol. The van der Waals surface area contributed by atoms with Crippen LogP contribution < -0.4 is 9.64 Å². The Hall–Kier alpha value is -2.84. The summed E-state index contributed by atoms with van der Waals surface area (Å²) in [6.45, 7) is 2.12. The molecule has 0 aliphatic carbocycles. The molecule has 0 aromatic carbocycles. The number of nitrogens with zero attached hydrogens (tertiary/aromatic N) is 4. The molecule has 0 radical (unpaired) electrons. The lowest BCUT2D eigenvalue weighted by molar-refractivity contribution is -0.137. The highest BCUT2D eigenvalue weighted by molar-refractivity contribution is 5.94. The van der Waals surface area contributed by atoms with E-state index in [1.54, 1.807) is 17.0 Å². The van der Waals surface area contributed by atoms with Crippen molar-refractivity contribution < 1.29 is 22.7 Å². The second-order valence-electron chi connectivity index (χ2n) is 6.12. The summed E-state index contributed by atoms with van der Waals surface area (Å²) >= 11 is 0. The van der Waals surface area contributed by atoms with Crippen LogP contribution in [0.4, 0.5) is 19.0 Å². The van der Waals surface area contributed by atoms with Gasteiger partial charge in [-0.2, -0.15) is 13.2 Å². The van der Waals surface area contributed by atoms with E-state index >= 15 is 0 Å². The summed E-state index contributed by atoms with van der Waals surface area (Å²) in [5.41, 5.74) is -0.304. The van der Waals surface area contributed by atoms with Crippen molar-refractivity contribution in [1.29, 1.82) is 0 Å². The molecule has 6 nitrogen and oxygen atoms in total. The molecule has 0 bridgehead atoms. The van der Waals surface area contributed by atoms with Crippen LogP contribution in [0.15, 0.2) is 36.7 Å². The second kappa shape index (κ2) is 7.81. The average molecular weight is 380 g/mol. The van der Waals surface area contributed by atoms with E-state index in [-0.39, 0.29) is 5.91 Å². The molecule has 3 rings (SSSR count). The number of halogens is 3. The van der Waals surface area contributed by atoms with Crippen molar-refractivity contribution in [3.05, 3.63) is 47.8 Å². The maximum absolute atomic E-state index is 12.7. The molecule has 0 N–H and O–H groups in total. The fourth-order valence-electron chi connectivity index (χ4n) is 2.90. The van der Waals surface area contributed by atoms with Crippen molar-refractivity contribution in [2.45, 2.75) is 12.6 Å². The third kappa shape index (κ3) is 4.47. The number of ether oxygens (including phenoxy) is 1. The predicted molar refractivity (Wildman–Crippen MR) is 92.8 cm³/mol. The number of rotatable bonds is 3. The first-order valence-electron chi connectivity index (χ1n) is 8.46. The number of carbonyl (C=O) groups excluding carboxylic acids is 1. The van der Waals surface area contributed by atoms with Crippen LogP contribution in [0.2, 0.25) is 0 Å². The first-order valence-corrected chi connectivity index (χ1v) is 8.46. The van der Waals surface area contributed by atoms with Crippen molar-refractivity contribution >= 4 is 11.7 Å². The highest BCUT2D eigenvalue weighted by Gasteiger charge is 2.31. The van der Waals surface area contributed by atoms with Gasteiger partial charge in [0.15, 0.2) is 0 Å². The van der Waals surface area contributed by atoms with Gasteiger partial charge in [0.1, 0.15) is 5.82 Å². The van der Waals surface area contributed by atoms with Crippen LogP contribution in [-0.4, -0.2) is 54.1 Å². The lowest BCUT2D eigenvalue weighted by Gasteiger charge is -2.23. The minimum atomic E-state index is -4.40. The second-order valence-corrected chi connectivity index (χ2v) is 6.12. The van der Waals surface area contributed by atoms with Gasteiger partial charge < -0.3 is 14.5 Å². The van der Waals surface area contributed by atoms with Gasteiger partial charge in [0.25, 0.3) is 5.91 Å². The molecule has 2 aromatic rings. The topological polar surface area (TPSA) is 58.6 Å². The minimum Gasteiger partial charge on any atom is -0.481 e. The number of carbonyl (C=O) groups is 1. The fourth-order valence-corrected chi connectivity index (χ4v) is 2.90. The van der Waals surface area contributed by atoms with Crippen LogP contribution in [0.25, 0.3) is 0 Å². The Morgan fingerprint density at radius 1 is 1.04 bits per heavy atom. The molecular weight excluding hydrogens is 361 g/mol. The standard InChI is InChI=1S/C18H19F3N4O2/c1-27-16-6-3-13(11-23-16)17(26)25-8-2-7-24(9-10-25)15-5-4-14(12-22-15)18(19,20)21/h3-6,11-12H,2,7-10H2,1H3. The number of anilines is 1. The lowest BCUT2D eigenvalue weighted by Crippen LogP contribution is -2.35. The zero-order valence-corrected chi connectivity index (χ0v) is 14.7. The molecule has 27 heavy (non-hydrogen) atoms. The van der Waals surface area contributed by atoms with Crippen molar-refractivity contribution in [3.8, 4) is 5.88 Å². The molecule has 1 aliphatic heterocycles. The zero-order valence-electron chi connectivity index (χ0n) is 14.7. The van der Waals surface area contributed by atoms with Crippen molar-refractivity contribution in [1.82, 2.24) is 14.9 Å². The van der Waals surface area contributed by atoms with E-state index in [1.807, 2.05) is 4.90 Å². The minimum absolute atomic E-state index is 0.132. The van der Waals surface area contributed by atoms with Gasteiger partial charge in [0.05, 0.1) is 18.2 Å². The Kier molecular flexibility index (Phi) is 5.48. The third-order valence-electron chi connectivity index (χ3n) is 4.37. The Balaban J connectivity index is 1.65. The van der Waals surface area contributed by atoms with Crippen molar-refractivity contribution in [2.75, 3.05) is 38.2 Å². The first-order chi connectivity index (χ1) is 12.9. The largest absolute Gasteiger partial charge is 0.481 e. The normalized spacial score (nSPS) is 15.4. The summed E-state index contributed by atoms with van der Waals surface area (Å²) < 4.78 is 43.0. The van der Waals surface area contributed by atoms with Gasteiger partial charge in [-0.15, -0.1) is 0 Å². The summed E-state index contributed by atoms with van der Waals surface area (Å²) in [5.74, 6) is 0.776. The highest BCUT2D eigenvalue weighted by Crippen LogP contribution is 2.29. The van der Waals surface area contributed by atoms with Crippen LogP contribution in [0, 0.1) is 0 Å². The third-order valence-corrected chi connectivity index (χ3v) is 4.37. The quantitative estimate of drug-likeness (QED) is 0.820. The molecule has 3 heterocycles. The summed E-state index contributed by atoms with van der Waals surface area (Å²) in [5, 5.41) is 0. The number of hydrogen-bond acceptors (Lipinski definition) is 5. The van der Waals surface area contributed by atoms with E-state index in [9.17, 15) is 18.0 Å². The van der Waals surface area contributed by atoms with E-state index in [2.05, 4.69) is 9.97 Å². The van der Waals surface area contributed by atoms with Gasteiger partial charge in [-0.05, 0) is 24.6 Å². The smallest absolute Gasteiger partial charge is 0.417 e. The fraction of sp³-hybridized carbons (Fsp3) is 0.389. The predicted octanol–water partition coefficient (Wildman–Crippen LogP) is 2.86. The first kappa shape index (κ1) is 18.9. The van der Waals surface area contributed by atoms with E-state index in [1.165, 1.54) is 19.4 Å². The van der Waals surface area contributed by atoms with Gasteiger partial charge in [-0.25, -0.2) is 9.97 Å². The molecule has 1 saturated heterocycles. The molecule has 0 unspecified atom stereocenters. The van der Waals surface area contributed by atoms with Gasteiger partial charge >= 0.3 is 6.18 Å². The lowest BCUT2D eigenvalue weighted by atomic mass is 10.2. The maximum atomic E-state index is 12.7. The van der Waals surface area contributed by atoms with Gasteiger partial charge in [0.2, 0.25) is 5.88 Å². The highest BCUT2D eigenvalue weighted by atomic mass is 19.4. The Morgan fingerprint density at radius 3 is 2.44 bits per heavy atom. The summed E-state index contributed by atoms with van der Waals surface area (Å²) in [4.78, 5) is 24.2. The number of hydrogen-bond donors (Lipinski definition) is 0. The number of aromatic nitrogens is 2. The van der Waals surface area contributed by atoms with Crippen molar-refractivity contribution in [2.24, 2.45) is 0 Å². The molecule has 1 fully saturated rings. The Morgan fingerprint density at radius 2 is 1.85 bits per heavy atom. The zero-order chi connectivity index (χ0) is 19.4. The van der Waals surface area contributed by atoms with E-state index in [4.69, 9.17) is 4.74 Å². The molecule has 1 amide bonds. The molecule has 0 spiro atoms. The van der Waals surface area contributed by atoms with E-state index < -0.39 is 11.7 Å². The summed E-state index contributed by atoms with van der Waals surface area (Å²) in [7, 11) is 1.50. The maximum Gasteiger partial charge on any atom is 0.417 e. The molecular formula is C18H19F3N4O2. The SMILES string of the molecule is COc1ccc(C(=O)N2CCCN(c3ccc(C(F)(F)F)cn3)CC2)cn1. The summed E-state index contributed by atoms with van der Waals surface area (Å²) in [6, 6.07) is 5.69. The van der Waals surface area contributed by atoms with Crippen LogP contribution in [0.5, 0.6) is 5.88 Å². The molecule has 2 aromatic heterocycles. The number of pyridine rings is 2.